The molecule has 6 nitrogen and oxygen atoms in total. The highest BCUT2D eigenvalue weighted by Crippen LogP contribution is 2.33. The van der Waals surface area contributed by atoms with Crippen LogP contribution in [0.5, 0.6) is 0 Å². The van der Waals surface area contributed by atoms with Crippen LogP contribution in [0, 0.1) is 0 Å². The van der Waals surface area contributed by atoms with E-state index in [4.69, 9.17) is 22.1 Å². The fraction of sp³-hybridized carbons (Fsp3) is 0.722. The number of ether oxygens (including phenoxy) is 1. The lowest BCUT2D eigenvalue weighted by Crippen LogP contribution is -2.53. The van der Waals surface area contributed by atoms with E-state index in [0.717, 1.165) is 37.8 Å². The second-order valence-corrected chi connectivity index (χ2v) is 7.46. The molecule has 2 aliphatic heterocycles. The maximum Gasteiger partial charge on any atom is 0.253 e. The van der Waals surface area contributed by atoms with Gasteiger partial charge in [0.1, 0.15) is 11.3 Å². The van der Waals surface area contributed by atoms with E-state index in [1.807, 2.05) is 11.0 Å². The Kier molecular flexibility index (Phi) is 6.39. The van der Waals surface area contributed by atoms with Gasteiger partial charge in [0.15, 0.2) is 0 Å². The molecule has 0 aromatic heterocycles. The number of halogens is 1. The molecule has 2 fully saturated rings. The zero-order valence-electron chi connectivity index (χ0n) is 14.8. The van der Waals surface area contributed by atoms with Crippen molar-refractivity contribution in [2.24, 2.45) is 5.73 Å². The summed E-state index contributed by atoms with van der Waals surface area (Å²) >= 11 is 6.30. The number of amides is 1. The van der Waals surface area contributed by atoms with Crippen LogP contribution in [0.2, 0.25) is 0 Å². The zero-order valence-corrected chi connectivity index (χ0v) is 15.6. The van der Waals surface area contributed by atoms with Crippen LogP contribution in [0.1, 0.15) is 32.6 Å². The highest BCUT2D eigenvalue weighted by atomic mass is 35.5. The van der Waals surface area contributed by atoms with Crippen molar-refractivity contribution in [2.45, 2.75) is 56.8 Å². The second kappa shape index (κ2) is 8.54. The first-order valence-corrected chi connectivity index (χ1v) is 9.68. The molecule has 25 heavy (non-hydrogen) atoms. The van der Waals surface area contributed by atoms with E-state index in [1.165, 1.54) is 0 Å². The molecule has 1 saturated heterocycles. The molecule has 3 rings (SSSR count). The summed E-state index contributed by atoms with van der Waals surface area (Å²) in [4.78, 5) is 15.1. The van der Waals surface area contributed by atoms with Crippen molar-refractivity contribution in [1.29, 1.82) is 0 Å². The van der Waals surface area contributed by atoms with E-state index in [2.05, 4.69) is 23.6 Å². The molecule has 0 aromatic carbocycles. The standard InChI is InChI=1S/C18H29ClN4O2/c1-12(13-9-14(3-2-6-20)22-17(19)10-13)23(15-4-5-15)18(24)16-11-21-7-8-25-16/h9-10,12,14-16,21-22H,2-8,11,20H2,1H3/t12-,14?,16-/m1/s1. The molecule has 1 saturated carbocycles. The molecule has 1 aliphatic carbocycles. The molecule has 4 N–H and O–H groups in total. The quantitative estimate of drug-likeness (QED) is 0.586. The largest absolute Gasteiger partial charge is 0.370 e. The number of carbonyl (C=O) groups excluding carboxylic acids is 1. The second-order valence-electron chi connectivity index (χ2n) is 7.06. The molecule has 0 radical (unpaired) electrons. The van der Waals surface area contributed by atoms with Gasteiger partial charge in [-0.3, -0.25) is 4.79 Å². The summed E-state index contributed by atoms with van der Waals surface area (Å²) < 4.78 is 5.69. The number of nitrogens with zero attached hydrogens (tertiary/aromatic N) is 1. The number of hydrogen-bond acceptors (Lipinski definition) is 5. The number of carbonyl (C=O) groups is 1. The Balaban J connectivity index is 1.74. The van der Waals surface area contributed by atoms with Crippen LogP contribution < -0.4 is 16.4 Å². The van der Waals surface area contributed by atoms with Crippen molar-refractivity contribution >= 4 is 17.5 Å². The SMILES string of the molecule is C[C@H](C1=CC(CCCN)NC(Cl)=C1)N(C(=O)[C@H]1CNCCO1)C1CC1. The van der Waals surface area contributed by atoms with Crippen molar-refractivity contribution in [1.82, 2.24) is 15.5 Å². The van der Waals surface area contributed by atoms with E-state index < -0.39 is 0 Å². The lowest BCUT2D eigenvalue weighted by Gasteiger charge is -2.36. The van der Waals surface area contributed by atoms with Gasteiger partial charge in [0.2, 0.25) is 0 Å². The Labute approximate surface area is 154 Å². The lowest BCUT2D eigenvalue weighted by molar-refractivity contribution is -0.147. The molecule has 0 bridgehead atoms. The van der Waals surface area contributed by atoms with Crippen LogP contribution in [0.4, 0.5) is 0 Å². The first kappa shape index (κ1) is 18.7. The molecule has 2 heterocycles. The monoisotopic (exact) mass is 368 g/mol. The van der Waals surface area contributed by atoms with Gasteiger partial charge >= 0.3 is 0 Å². The van der Waals surface area contributed by atoms with Gasteiger partial charge < -0.3 is 26.0 Å². The minimum Gasteiger partial charge on any atom is -0.370 e. The average molecular weight is 369 g/mol. The maximum absolute atomic E-state index is 13.0. The summed E-state index contributed by atoms with van der Waals surface area (Å²) in [6.07, 6.45) is 7.75. The van der Waals surface area contributed by atoms with Gasteiger partial charge in [-0.2, -0.15) is 0 Å². The van der Waals surface area contributed by atoms with Crippen LogP contribution in [-0.2, 0) is 9.53 Å². The molecule has 3 atom stereocenters. The smallest absolute Gasteiger partial charge is 0.253 e. The van der Waals surface area contributed by atoms with E-state index in [9.17, 15) is 4.79 Å². The zero-order chi connectivity index (χ0) is 17.8. The summed E-state index contributed by atoms with van der Waals surface area (Å²) in [7, 11) is 0. The van der Waals surface area contributed by atoms with Crippen molar-refractivity contribution in [2.75, 3.05) is 26.2 Å². The van der Waals surface area contributed by atoms with Gasteiger partial charge in [0, 0.05) is 25.2 Å². The molecule has 7 heteroatoms. The molecular formula is C18H29ClN4O2. The Morgan fingerprint density at radius 1 is 1.52 bits per heavy atom. The Morgan fingerprint density at radius 3 is 2.96 bits per heavy atom. The fourth-order valence-corrected chi connectivity index (χ4v) is 3.80. The Hall–Kier alpha value is -1.08. The summed E-state index contributed by atoms with van der Waals surface area (Å²) in [5.41, 5.74) is 6.72. The number of nitrogens with one attached hydrogen (secondary N) is 2. The van der Waals surface area contributed by atoms with Gasteiger partial charge in [0.05, 0.1) is 12.6 Å². The topological polar surface area (TPSA) is 79.6 Å². The minimum absolute atomic E-state index is 0.0123. The predicted molar refractivity (Wildman–Crippen MR) is 99.2 cm³/mol. The van der Waals surface area contributed by atoms with Crippen LogP contribution in [0.15, 0.2) is 22.9 Å². The van der Waals surface area contributed by atoms with Crippen LogP contribution in [0.25, 0.3) is 0 Å². The summed E-state index contributed by atoms with van der Waals surface area (Å²) in [5.74, 6) is 0.0877. The van der Waals surface area contributed by atoms with E-state index in [-0.39, 0.29) is 24.1 Å². The molecule has 140 valence electrons. The van der Waals surface area contributed by atoms with Crippen LogP contribution >= 0.6 is 11.6 Å². The summed E-state index contributed by atoms with van der Waals surface area (Å²) in [6, 6.07) is 0.475. The van der Waals surface area contributed by atoms with Crippen molar-refractivity contribution in [3.05, 3.63) is 22.9 Å². The van der Waals surface area contributed by atoms with Gasteiger partial charge in [-0.15, -0.1) is 0 Å². The molecule has 0 aromatic rings. The van der Waals surface area contributed by atoms with Crippen LogP contribution in [0.3, 0.4) is 0 Å². The third kappa shape index (κ3) is 4.76. The first-order chi connectivity index (χ1) is 12.1. The van der Waals surface area contributed by atoms with Crippen molar-refractivity contribution < 1.29 is 9.53 Å². The fourth-order valence-electron chi connectivity index (χ4n) is 3.53. The van der Waals surface area contributed by atoms with Gasteiger partial charge in [0.25, 0.3) is 5.91 Å². The minimum atomic E-state index is -0.383. The van der Waals surface area contributed by atoms with Crippen molar-refractivity contribution in [3.63, 3.8) is 0 Å². The highest BCUT2D eigenvalue weighted by Gasteiger charge is 2.40. The number of rotatable bonds is 7. The predicted octanol–water partition coefficient (Wildman–Crippen LogP) is 1.07. The normalized spacial score (nSPS) is 27.8. The molecule has 0 spiro atoms. The van der Waals surface area contributed by atoms with E-state index in [1.54, 1.807) is 0 Å². The summed E-state index contributed by atoms with van der Waals surface area (Å²) in [6.45, 7) is 4.73. The third-order valence-corrected chi connectivity index (χ3v) is 5.25. The number of nitrogens with two attached hydrogens (primary N) is 1. The van der Waals surface area contributed by atoms with Crippen LogP contribution in [-0.4, -0.2) is 61.3 Å². The molecular weight excluding hydrogens is 340 g/mol. The van der Waals surface area contributed by atoms with Crippen molar-refractivity contribution in [3.8, 4) is 0 Å². The van der Waals surface area contributed by atoms with Gasteiger partial charge in [-0.05, 0) is 50.8 Å². The molecule has 1 amide bonds. The molecule has 3 aliphatic rings. The highest BCUT2D eigenvalue weighted by molar-refractivity contribution is 6.29. The third-order valence-electron chi connectivity index (χ3n) is 5.03. The maximum atomic E-state index is 13.0. The van der Waals surface area contributed by atoms with E-state index in [0.29, 0.717) is 30.9 Å². The number of dihydropyridines is 1. The molecule has 1 unspecified atom stereocenters. The van der Waals surface area contributed by atoms with Gasteiger partial charge in [-0.25, -0.2) is 0 Å². The summed E-state index contributed by atoms with van der Waals surface area (Å²) in [5, 5.41) is 7.14. The first-order valence-electron chi connectivity index (χ1n) is 9.30. The average Bonchev–Trinajstić information content (AvgIpc) is 3.45. The lowest BCUT2D eigenvalue weighted by atomic mass is 9.98. The number of morpholine rings is 1. The van der Waals surface area contributed by atoms with Gasteiger partial charge in [-0.1, -0.05) is 17.7 Å². The van der Waals surface area contributed by atoms with E-state index >= 15 is 0 Å². The Morgan fingerprint density at radius 2 is 2.32 bits per heavy atom. The Bertz CT molecular complexity index is 541. The number of hydrogen-bond donors (Lipinski definition) is 3.